The highest BCUT2D eigenvalue weighted by molar-refractivity contribution is 5.88. The molecule has 0 spiro atoms. The third kappa shape index (κ3) is 11.2. The van der Waals surface area contributed by atoms with Crippen molar-refractivity contribution in [3.05, 3.63) is 10.1 Å². The van der Waals surface area contributed by atoms with Gasteiger partial charge in [-0.3, -0.25) is 9.59 Å². The Bertz CT molecular complexity index is 495. The van der Waals surface area contributed by atoms with E-state index in [0.717, 1.165) is 6.42 Å². The van der Waals surface area contributed by atoms with E-state index in [-0.39, 0.29) is 30.2 Å². The van der Waals surface area contributed by atoms with Crippen LogP contribution in [0.15, 0.2) is 4.99 Å². The topological polar surface area (TPSA) is 152 Å². The lowest BCUT2D eigenvalue weighted by molar-refractivity contribution is -0.525. The molecule has 0 rings (SSSR count). The Morgan fingerprint density at radius 1 is 1.19 bits per heavy atom. The molecule has 0 aromatic carbocycles. The first-order chi connectivity index (χ1) is 12.2. The van der Waals surface area contributed by atoms with Gasteiger partial charge in [-0.05, 0) is 31.6 Å². The molecule has 2 atom stereocenters. The quantitative estimate of drug-likeness (QED) is 0.129. The third-order valence-corrected chi connectivity index (χ3v) is 3.85. The molecule has 150 valence electrons. The molecule has 0 heterocycles. The normalized spacial score (nSPS) is 13.8. The third-order valence-electron chi connectivity index (χ3n) is 3.85. The van der Waals surface area contributed by atoms with Gasteiger partial charge in [0.15, 0.2) is 5.03 Å². The lowest BCUT2D eigenvalue weighted by Gasteiger charge is -2.20. The lowest BCUT2D eigenvalue weighted by atomic mass is 10.1. The summed E-state index contributed by atoms with van der Waals surface area (Å²) in [6, 6.07) is -0.663. The van der Waals surface area contributed by atoms with Crippen LogP contribution in [-0.4, -0.2) is 41.9 Å². The summed E-state index contributed by atoms with van der Waals surface area (Å²) in [5, 5.41) is 15.0. The maximum absolute atomic E-state index is 12.4. The van der Waals surface area contributed by atoms with Crippen LogP contribution in [0.4, 0.5) is 0 Å². The molecule has 0 aliphatic rings. The van der Waals surface area contributed by atoms with Crippen molar-refractivity contribution in [1.29, 1.82) is 0 Å². The van der Waals surface area contributed by atoms with Crippen LogP contribution in [0, 0.1) is 22.0 Å². The molecule has 0 radical (unpaired) electrons. The first-order valence-corrected chi connectivity index (χ1v) is 8.96. The standard InChI is InChI=1S/C16H32N6O4/c1-5-12(4)14(23)20-13(15(24)18-10-8-11(2)3)7-6-9-19-16(17)21-22(25)26/h11-13H,5-10H2,1-4H3,(H,18,24)(H,20,23)(H3,17,19,21)/t12-,13-/m0/s1. The lowest BCUT2D eigenvalue weighted by Crippen LogP contribution is -2.48. The summed E-state index contributed by atoms with van der Waals surface area (Å²) < 4.78 is 0. The summed E-state index contributed by atoms with van der Waals surface area (Å²) in [4.78, 5) is 38.5. The fourth-order valence-electron chi connectivity index (χ4n) is 2.00. The molecular formula is C16H32N6O4. The van der Waals surface area contributed by atoms with Crippen LogP contribution < -0.4 is 21.8 Å². The molecule has 0 saturated heterocycles. The maximum Gasteiger partial charge on any atom is 0.251 e. The molecule has 0 fully saturated rings. The summed E-state index contributed by atoms with van der Waals surface area (Å²) >= 11 is 0. The van der Waals surface area contributed by atoms with E-state index in [1.807, 2.05) is 6.92 Å². The van der Waals surface area contributed by atoms with Gasteiger partial charge in [0, 0.05) is 19.0 Å². The molecule has 10 heteroatoms. The molecule has 0 aromatic heterocycles. The van der Waals surface area contributed by atoms with Gasteiger partial charge in [0.25, 0.3) is 5.96 Å². The highest BCUT2D eigenvalue weighted by atomic mass is 16.7. The van der Waals surface area contributed by atoms with Crippen LogP contribution in [0.5, 0.6) is 0 Å². The Balaban J connectivity index is 4.63. The molecule has 2 amide bonds. The Labute approximate surface area is 154 Å². The average molecular weight is 372 g/mol. The van der Waals surface area contributed by atoms with Crippen LogP contribution >= 0.6 is 0 Å². The van der Waals surface area contributed by atoms with E-state index >= 15 is 0 Å². The van der Waals surface area contributed by atoms with Crippen molar-refractivity contribution in [2.24, 2.45) is 22.6 Å². The number of hydrazine groups is 1. The predicted molar refractivity (Wildman–Crippen MR) is 99.7 cm³/mol. The number of nitro groups is 1. The Morgan fingerprint density at radius 3 is 2.38 bits per heavy atom. The zero-order chi connectivity index (χ0) is 20.1. The summed E-state index contributed by atoms with van der Waals surface area (Å²) in [7, 11) is 0. The smallest absolute Gasteiger partial charge is 0.251 e. The van der Waals surface area contributed by atoms with Crippen LogP contribution in [0.3, 0.4) is 0 Å². The molecule has 0 aliphatic carbocycles. The van der Waals surface area contributed by atoms with Crippen molar-refractivity contribution >= 4 is 17.8 Å². The Hall–Kier alpha value is -2.39. The van der Waals surface area contributed by atoms with Gasteiger partial charge in [-0.2, -0.15) is 0 Å². The van der Waals surface area contributed by atoms with Crippen LogP contribution in [0.2, 0.25) is 0 Å². The predicted octanol–water partition coefficient (Wildman–Crippen LogP) is 0.556. The molecule has 0 bridgehead atoms. The van der Waals surface area contributed by atoms with E-state index in [1.54, 1.807) is 12.3 Å². The Morgan fingerprint density at radius 2 is 1.85 bits per heavy atom. The zero-order valence-corrected chi connectivity index (χ0v) is 16.1. The number of guanidine groups is 1. The molecular weight excluding hydrogens is 340 g/mol. The second-order valence-electron chi connectivity index (χ2n) is 6.62. The number of rotatable bonds is 12. The van der Waals surface area contributed by atoms with Crippen molar-refractivity contribution in [2.75, 3.05) is 13.1 Å². The van der Waals surface area contributed by atoms with Gasteiger partial charge in [0.2, 0.25) is 11.8 Å². The van der Waals surface area contributed by atoms with Crippen LogP contribution in [-0.2, 0) is 9.59 Å². The number of nitrogens with two attached hydrogens (primary N) is 1. The van der Waals surface area contributed by atoms with Crippen LogP contribution in [0.25, 0.3) is 0 Å². The number of nitrogens with one attached hydrogen (secondary N) is 3. The number of carbonyl (C=O) groups is 2. The van der Waals surface area contributed by atoms with E-state index in [0.29, 0.717) is 31.7 Å². The Kier molecular flexibility index (Phi) is 11.7. The van der Waals surface area contributed by atoms with E-state index in [1.165, 1.54) is 0 Å². The first kappa shape index (κ1) is 23.6. The van der Waals surface area contributed by atoms with Crippen molar-refractivity contribution in [3.63, 3.8) is 0 Å². The molecule has 26 heavy (non-hydrogen) atoms. The highest BCUT2D eigenvalue weighted by Crippen LogP contribution is 2.05. The molecule has 10 nitrogen and oxygen atoms in total. The van der Waals surface area contributed by atoms with Crippen LogP contribution in [0.1, 0.15) is 53.4 Å². The number of nitrogens with zero attached hydrogens (tertiary/aromatic N) is 2. The zero-order valence-electron chi connectivity index (χ0n) is 16.1. The number of hydrogen-bond donors (Lipinski definition) is 4. The fraction of sp³-hybridized carbons (Fsp3) is 0.812. The number of aliphatic imine (C=N–C) groups is 1. The van der Waals surface area contributed by atoms with E-state index in [9.17, 15) is 19.7 Å². The molecule has 0 aromatic rings. The first-order valence-electron chi connectivity index (χ1n) is 8.96. The maximum atomic E-state index is 12.4. The van der Waals surface area contributed by atoms with Gasteiger partial charge in [0.05, 0.1) is 0 Å². The van der Waals surface area contributed by atoms with E-state index in [4.69, 9.17) is 5.73 Å². The minimum absolute atomic E-state index is 0.172. The molecule has 0 unspecified atom stereocenters. The second kappa shape index (κ2) is 12.9. The van der Waals surface area contributed by atoms with Gasteiger partial charge in [-0.25, -0.2) is 15.1 Å². The minimum Gasteiger partial charge on any atom is -0.365 e. The summed E-state index contributed by atoms with van der Waals surface area (Å²) in [5.74, 6) is -0.414. The monoisotopic (exact) mass is 372 g/mol. The van der Waals surface area contributed by atoms with Gasteiger partial charge < -0.3 is 16.4 Å². The van der Waals surface area contributed by atoms with Crippen molar-refractivity contribution < 1.29 is 14.6 Å². The van der Waals surface area contributed by atoms with Crippen molar-refractivity contribution in [1.82, 2.24) is 16.1 Å². The fourth-order valence-corrected chi connectivity index (χ4v) is 2.00. The number of carbonyl (C=O) groups excluding carboxylic acids is 2. The number of amides is 2. The summed E-state index contributed by atoms with van der Waals surface area (Å²) in [5.41, 5.74) is 7.08. The number of hydrogen-bond acceptors (Lipinski definition) is 5. The van der Waals surface area contributed by atoms with Crippen molar-refractivity contribution in [3.8, 4) is 0 Å². The van der Waals surface area contributed by atoms with Gasteiger partial charge in [-0.1, -0.05) is 33.1 Å². The molecule has 0 saturated carbocycles. The minimum atomic E-state index is -0.795. The second-order valence-corrected chi connectivity index (χ2v) is 6.62. The van der Waals surface area contributed by atoms with Gasteiger partial charge in [0.1, 0.15) is 6.04 Å². The van der Waals surface area contributed by atoms with Crippen molar-refractivity contribution in [2.45, 2.75) is 59.4 Å². The highest BCUT2D eigenvalue weighted by Gasteiger charge is 2.22. The summed E-state index contributed by atoms with van der Waals surface area (Å²) in [6.45, 7) is 8.59. The average Bonchev–Trinajstić information content (AvgIpc) is 2.55. The molecule has 5 N–H and O–H groups in total. The van der Waals surface area contributed by atoms with Gasteiger partial charge >= 0.3 is 0 Å². The molecule has 0 aliphatic heterocycles. The van der Waals surface area contributed by atoms with E-state index in [2.05, 4.69) is 29.5 Å². The SMILES string of the molecule is CC[C@H](C)C(=O)N[C@@H](CCCN=C(N)N[N+](=O)[O-])C(=O)NCCC(C)C. The largest absolute Gasteiger partial charge is 0.365 e. The summed E-state index contributed by atoms with van der Waals surface area (Å²) in [6.07, 6.45) is 2.35. The van der Waals surface area contributed by atoms with Gasteiger partial charge in [-0.15, -0.1) is 0 Å². The van der Waals surface area contributed by atoms with E-state index < -0.39 is 11.1 Å².